The zero-order valence-electron chi connectivity index (χ0n) is 18.4. The molecule has 176 valence electrons. The standard InChI is InChI=1S/C21H27FN2O8/c1-5-13(6-2)18(25)29-11-21(22)16-15(30-20(27)31-16)17(32-21)24-9-7-14(23-19(24)26)28-10-8-12(3)4/h7-9,13,15-17H,5-6,10-11H2,1-4H3/t15-,16+,17-,21-/m1/s1. The number of hydrogen-bond acceptors (Lipinski definition) is 9. The molecule has 0 aromatic carbocycles. The van der Waals surface area contributed by atoms with Crippen LogP contribution >= 0.6 is 0 Å². The monoisotopic (exact) mass is 454 g/mol. The summed E-state index contributed by atoms with van der Waals surface area (Å²) in [6, 6.07) is 1.40. The number of rotatable bonds is 9. The van der Waals surface area contributed by atoms with Gasteiger partial charge in [-0.05, 0) is 32.8 Å². The minimum absolute atomic E-state index is 0.0728. The first-order valence-corrected chi connectivity index (χ1v) is 10.4. The van der Waals surface area contributed by atoms with Crippen molar-refractivity contribution in [3.63, 3.8) is 0 Å². The van der Waals surface area contributed by atoms with E-state index in [1.54, 1.807) is 0 Å². The molecular formula is C21H27FN2O8. The number of carbonyl (C=O) groups excluding carboxylic acids is 2. The second-order valence-corrected chi connectivity index (χ2v) is 7.83. The first kappa shape index (κ1) is 23.7. The molecule has 0 aliphatic carbocycles. The summed E-state index contributed by atoms with van der Waals surface area (Å²) in [6.45, 7) is 6.85. The molecule has 3 rings (SSSR count). The average molecular weight is 454 g/mol. The topological polar surface area (TPSA) is 115 Å². The molecule has 1 aromatic rings. The molecule has 2 aliphatic rings. The van der Waals surface area contributed by atoms with Gasteiger partial charge in [-0.15, -0.1) is 0 Å². The van der Waals surface area contributed by atoms with Gasteiger partial charge < -0.3 is 23.7 Å². The van der Waals surface area contributed by atoms with Crippen molar-refractivity contribution < 1.29 is 37.7 Å². The summed E-state index contributed by atoms with van der Waals surface area (Å²) in [7, 11) is 0. The Kier molecular flexibility index (Phi) is 7.17. The average Bonchev–Trinajstić information content (AvgIpc) is 3.24. The SMILES string of the molecule is CCC(CC)C(=O)OC[C@@]1(F)O[C@@H](n2ccc(OCC=C(C)C)nc2=O)[C@@H]2OC(=O)O[C@@H]21. The number of ether oxygens (including phenoxy) is 5. The third-order valence-electron chi connectivity index (χ3n) is 5.31. The number of allylic oxidation sites excluding steroid dienone is 1. The third-order valence-corrected chi connectivity index (χ3v) is 5.31. The van der Waals surface area contributed by atoms with Crippen LogP contribution in [0.15, 0.2) is 28.7 Å². The predicted molar refractivity (Wildman–Crippen MR) is 108 cm³/mol. The van der Waals surface area contributed by atoms with Crippen LogP contribution in [0.2, 0.25) is 0 Å². The Morgan fingerprint density at radius 2 is 2.03 bits per heavy atom. The highest BCUT2D eigenvalue weighted by molar-refractivity contribution is 5.72. The van der Waals surface area contributed by atoms with E-state index in [0.717, 1.165) is 10.1 Å². The van der Waals surface area contributed by atoms with Gasteiger partial charge in [0.15, 0.2) is 18.9 Å². The lowest BCUT2D eigenvalue weighted by atomic mass is 10.0. The minimum atomic E-state index is -2.69. The number of esters is 1. The molecule has 3 heterocycles. The van der Waals surface area contributed by atoms with E-state index in [9.17, 15) is 14.4 Å². The number of halogens is 1. The van der Waals surface area contributed by atoms with Gasteiger partial charge in [0.1, 0.15) is 6.61 Å². The van der Waals surface area contributed by atoms with Crippen molar-refractivity contribution >= 4 is 12.1 Å². The number of nitrogens with zero attached hydrogens (tertiary/aromatic N) is 2. The number of alkyl halides is 1. The quantitative estimate of drug-likeness (QED) is 0.410. The molecule has 0 spiro atoms. The van der Waals surface area contributed by atoms with Gasteiger partial charge in [0.25, 0.3) is 5.85 Å². The third kappa shape index (κ3) is 4.93. The Bertz CT molecular complexity index is 940. The van der Waals surface area contributed by atoms with Crippen molar-refractivity contribution in [2.45, 2.75) is 64.8 Å². The molecule has 11 heteroatoms. The van der Waals surface area contributed by atoms with E-state index in [0.29, 0.717) is 12.8 Å². The van der Waals surface area contributed by atoms with E-state index >= 15 is 4.39 Å². The summed E-state index contributed by atoms with van der Waals surface area (Å²) < 4.78 is 42.4. The van der Waals surface area contributed by atoms with E-state index in [2.05, 4.69) is 4.98 Å². The Morgan fingerprint density at radius 1 is 1.31 bits per heavy atom. The van der Waals surface area contributed by atoms with Crippen molar-refractivity contribution in [2.24, 2.45) is 5.92 Å². The van der Waals surface area contributed by atoms with E-state index in [1.807, 2.05) is 33.8 Å². The highest BCUT2D eigenvalue weighted by Gasteiger charge is 2.65. The van der Waals surface area contributed by atoms with Crippen molar-refractivity contribution in [1.82, 2.24) is 9.55 Å². The minimum Gasteiger partial charge on any atom is -0.473 e. The van der Waals surface area contributed by atoms with Crippen LogP contribution in [0.1, 0.15) is 46.8 Å². The molecule has 2 saturated heterocycles. The molecule has 0 N–H and O–H groups in total. The van der Waals surface area contributed by atoms with E-state index in [4.69, 9.17) is 23.7 Å². The highest BCUT2D eigenvalue weighted by atomic mass is 19.2. The van der Waals surface area contributed by atoms with E-state index < -0.39 is 48.7 Å². The van der Waals surface area contributed by atoms with Gasteiger partial charge in [-0.3, -0.25) is 9.36 Å². The van der Waals surface area contributed by atoms with Crippen LogP contribution in [0, 0.1) is 5.92 Å². The summed E-state index contributed by atoms with van der Waals surface area (Å²) in [5, 5.41) is 0. The van der Waals surface area contributed by atoms with Crippen LogP contribution in [0.5, 0.6) is 5.88 Å². The molecule has 0 amide bonds. The van der Waals surface area contributed by atoms with Gasteiger partial charge in [-0.2, -0.15) is 4.98 Å². The predicted octanol–water partition coefficient (Wildman–Crippen LogP) is 2.67. The Labute approximate surface area is 184 Å². The molecule has 32 heavy (non-hydrogen) atoms. The lowest BCUT2D eigenvalue weighted by Crippen LogP contribution is -2.43. The van der Waals surface area contributed by atoms with Crippen molar-refractivity contribution in [1.29, 1.82) is 0 Å². The van der Waals surface area contributed by atoms with Gasteiger partial charge in [-0.25, -0.2) is 14.0 Å². The fourth-order valence-corrected chi connectivity index (χ4v) is 3.45. The summed E-state index contributed by atoms with van der Waals surface area (Å²) in [5.41, 5.74) is 0.237. The second-order valence-electron chi connectivity index (χ2n) is 7.83. The number of hydrogen-bond donors (Lipinski definition) is 0. The highest BCUT2D eigenvalue weighted by Crippen LogP contribution is 2.45. The molecule has 0 radical (unpaired) electrons. The molecule has 1 aromatic heterocycles. The smallest absolute Gasteiger partial charge is 0.473 e. The van der Waals surface area contributed by atoms with Crippen LogP contribution in [0.3, 0.4) is 0 Å². The Balaban J connectivity index is 1.78. The normalized spacial score (nSPS) is 26.3. The maximum Gasteiger partial charge on any atom is 0.509 e. The summed E-state index contributed by atoms with van der Waals surface area (Å²) in [4.78, 5) is 40.2. The number of carbonyl (C=O) groups is 2. The van der Waals surface area contributed by atoms with E-state index in [-0.39, 0.29) is 18.4 Å². The van der Waals surface area contributed by atoms with Crippen LogP contribution in [0.4, 0.5) is 9.18 Å². The molecule has 0 saturated carbocycles. The van der Waals surface area contributed by atoms with Crippen LogP contribution in [0.25, 0.3) is 0 Å². The lowest BCUT2D eigenvalue weighted by molar-refractivity contribution is -0.220. The summed E-state index contributed by atoms with van der Waals surface area (Å²) in [5.74, 6) is -3.60. The van der Waals surface area contributed by atoms with Crippen LogP contribution in [-0.2, 0) is 23.7 Å². The molecule has 2 aliphatic heterocycles. The molecule has 10 nitrogen and oxygen atoms in total. The zero-order chi connectivity index (χ0) is 23.5. The van der Waals surface area contributed by atoms with Crippen LogP contribution in [-0.4, -0.2) is 53.0 Å². The van der Waals surface area contributed by atoms with Crippen molar-refractivity contribution in [2.75, 3.05) is 13.2 Å². The molecule has 2 fully saturated rings. The summed E-state index contributed by atoms with van der Waals surface area (Å²) >= 11 is 0. The zero-order valence-corrected chi connectivity index (χ0v) is 18.4. The van der Waals surface area contributed by atoms with Gasteiger partial charge in [-0.1, -0.05) is 19.4 Å². The maximum absolute atomic E-state index is 15.6. The second kappa shape index (κ2) is 9.68. The fraction of sp³-hybridized carbons (Fsp3) is 0.619. The van der Waals surface area contributed by atoms with Gasteiger partial charge in [0.05, 0.1) is 5.92 Å². The Morgan fingerprint density at radius 3 is 2.66 bits per heavy atom. The van der Waals surface area contributed by atoms with E-state index in [1.165, 1.54) is 12.3 Å². The maximum atomic E-state index is 15.6. The first-order chi connectivity index (χ1) is 15.2. The fourth-order valence-electron chi connectivity index (χ4n) is 3.45. The molecule has 0 bridgehead atoms. The molecule has 4 atom stereocenters. The van der Waals surface area contributed by atoms with Crippen molar-refractivity contribution in [3.8, 4) is 5.88 Å². The largest absolute Gasteiger partial charge is 0.509 e. The van der Waals surface area contributed by atoms with Crippen LogP contribution < -0.4 is 10.4 Å². The number of fused-ring (bicyclic) bond motifs is 1. The molecule has 0 unspecified atom stereocenters. The molecular weight excluding hydrogens is 427 g/mol. The first-order valence-electron chi connectivity index (χ1n) is 10.4. The van der Waals surface area contributed by atoms with Crippen molar-refractivity contribution in [3.05, 3.63) is 34.4 Å². The van der Waals surface area contributed by atoms with Gasteiger partial charge >= 0.3 is 17.8 Å². The van der Waals surface area contributed by atoms with Gasteiger partial charge in [0, 0.05) is 12.3 Å². The number of aromatic nitrogens is 2. The van der Waals surface area contributed by atoms with Gasteiger partial charge in [0.2, 0.25) is 12.0 Å². The lowest BCUT2D eigenvalue weighted by Gasteiger charge is -2.24. The summed E-state index contributed by atoms with van der Waals surface area (Å²) in [6.07, 6.45) is -1.08. The Hall–Kier alpha value is -2.95.